The third-order valence-corrected chi connectivity index (χ3v) is 3.29. The summed E-state index contributed by atoms with van der Waals surface area (Å²) in [5, 5.41) is 5.38. The summed E-state index contributed by atoms with van der Waals surface area (Å²) in [6, 6.07) is 6.25. The van der Waals surface area contributed by atoms with Crippen LogP contribution in [-0.4, -0.2) is 19.7 Å². The highest BCUT2D eigenvalue weighted by atomic mass is 15.2. The zero-order valence-corrected chi connectivity index (χ0v) is 11.3. The number of rotatable bonds is 2. The molecule has 0 radical (unpaired) electrons. The lowest BCUT2D eigenvalue weighted by Gasteiger charge is -2.06. The number of aromatic nitrogens is 4. The predicted molar refractivity (Wildman–Crippen MR) is 75.8 cm³/mol. The molecule has 0 aliphatic carbocycles. The monoisotopic (exact) mass is 252 g/mol. The fourth-order valence-corrected chi connectivity index (χ4v) is 2.12. The standard InChI is InChI=1S/C15H16N4/c1-10(2)13-8-16-9-14(18-13)11-4-5-15-12(6-11)7-17-19(15)3/h4-10H,1-3H3. The maximum atomic E-state index is 4.67. The summed E-state index contributed by atoms with van der Waals surface area (Å²) in [6.07, 6.45) is 5.51. The lowest BCUT2D eigenvalue weighted by atomic mass is 10.1. The van der Waals surface area contributed by atoms with E-state index in [0.29, 0.717) is 5.92 Å². The van der Waals surface area contributed by atoms with Crippen molar-refractivity contribution in [3.63, 3.8) is 0 Å². The van der Waals surface area contributed by atoms with E-state index in [1.807, 2.05) is 30.3 Å². The molecule has 19 heavy (non-hydrogen) atoms. The van der Waals surface area contributed by atoms with E-state index in [9.17, 15) is 0 Å². The van der Waals surface area contributed by atoms with E-state index < -0.39 is 0 Å². The quantitative estimate of drug-likeness (QED) is 0.703. The van der Waals surface area contributed by atoms with Crippen LogP contribution in [0.25, 0.3) is 22.2 Å². The minimum absolute atomic E-state index is 0.384. The van der Waals surface area contributed by atoms with Crippen LogP contribution in [0.1, 0.15) is 25.5 Å². The molecule has 0 aliphatic heterocycles. The third kappa shape index (κ3) is 2.10. The number of hydrogen-bond donors (Lipinski definition) is 0. The van der Waals surface area contributed by atoms with Crippen LogP contribution in [-0.2, 0) is 7.05 Å². The first-order chi connectivity index (χ1) is 9.15. The van der Waals surface area contributed by atoms with E-state index in [4.69, 9.17) is 0 Å². The Kier molecular flexibility index (Phi) is 2.78. The van der Waals surface area contributed by atoms with Crippen molar-refractivity contribution >= 4 is 10.9 Å². The summed E-state index contributed by atoms with van der Waals surface area (Å²) in [4.78, 5) is 8.95. The van der Waals surface area contributed by atoms with Gasteiger partial charge in [-0.15, -0.1) is 0 Å². The van der Waals surface area contributed by atoms with Crippen molar-refractivity contribution in [3.05, 3.63) is 42.5 Å². The van der Waals surface area contributed by atoms with Gasteiger partial charge in [0.25, 0.3) is 0 Å². The highest BCUT2D eigenvalue weighted by Gasteiger charge is 2.07. The molecule has 0 bridgehead atoms. The van der Waals surface area contributed by atoms with Crippen molar-refractivity contribution in [3.8, 4) is 11.3 Å². The van der Waals surface area contributed by atoms with Crippen LogP contribution in [0.5, 0.6) is 0 Å². The van der Waals surface area contributed by atoms with Gasteiger partial charge < -0.3 is 0 Å². The van der Waals surface area contributed by atoms with Crippen molar-refractivity contribution in [2.45, 2.75) is 19.8 Å². The number of aryl methyl sites for hydroxylation is 1. The van der Waals surface area contributed by atoms with Gasteiger partial charge in [0.05, 0.1) is 29.3 Å². The summed E-state index contributed by atoms with van der Waals surface area (Å²) in [5.41, 5.74) is 4.13. The Hall–Kier alpha value is -2.23. The van der Waals surface area contributed by atoms with Crippen molar-refractivity contribution in [1.29, 1.82) is 0 Å². The molecule has 0 saturated heterocycles. The smallest absolute Gasteiger partial charge is 0.0888 e. The fourth-order valence-electron chi connectivity index (χ4n) is 2.12. The molecule has 0 N–H and O–H groups in total. The van der Waals surface area contributed by atoms with Crippen LogP contribution in [0.15, 0.2) is 36.8 Å². The number of benzene rings is 1. The Labute approximate surface area is 112 Å². The van der Waals surface area contributed by atoms with Crippen molar-refractivity contribution in [2.75, 3.05) is 0 Å². The minimum Gasteiger partial charge on any atom is -0.268 e. The number of fused-ring (bicyclic) bond motifs is 1. The summed E-state index contributed by atoms with van der Waals surface area (Å²) in [5.74, 6) is 0.384. The molecule has 3 rings (SSSR count). The second kappa shape index (κ2) is 4.46. The van der Waals surface area contributed by atoms with Crippen molar-refractivity contribution in [1.82, 2.24) is 19.7 Å². The Balaban J connectivity index is 2.10. The zero-order valence-electron chi connectivity index (χ0n) is 11.3. The largest absolute Gasteiger partial charge is 0.268 e. The summed E-state index contributed by atoms with van der Waals surface area (Å²) in [6.45, 7) is 4.25. The topological polar surface area (TPSA) is 43.6 Å². The molecular formula is C15H16N4. The molecule has 0 spiro atoms. The van der Waals surface area contributed by atoms with Gasteiger partial charge in [-0.1, -0.05) is 19.9 Å². The van der Waals surface area contributed by atoms with Crippen molar-refractivity contribution < 1.29 is 0 Å². The van der Waals surface area contributed by atoms with Gasteiger partial charge in [-0.25, -0.2) is 4.98 Å². The van der Waals surface area contributed by atoms with Gasteiger partial charge >= 0.3 is 0 Å². The molecule has 2 aromatic heterocycles. The molecule has 0 aliphatic rings. The Morgan fingerprint density at radius 2 is 1.95 bits per heavy atom. The van der Waals surface area contributed by atoms with Crippen LogP contribution >= 0.6 is 0 Å². The van der Waals surface area contributed by atoms with Gasteiger partial charge in [0.1, 0.15) is 0 Å². The van der Waals surface area contributed by atoms with Crippen LogP contribution in [0.3, 0.4) is 0 Å². The van der Waals surface area contributed by atoms with Crippen LogP contribution in [0.4, 0.5) is 0 Å². The van der Waals surface area contributed by atoms with Crippen LogP contribution < -0.4 is 0 Å². The van der Waals surface area contributed by atoms with Gasteiger partial charge in [0.2, 0.25) is 0 Å². The Morgan fingerprint density at radius 1 is 1.11 bits per heavy atom. The zero-order chi connectivity index (χ0) is 13.4. The van der Waals surface area contributed by atoms with Crippen LogP contribution in [0, 0.1) is 0 Å². The molecule has 0 saturated carbocycles. The Morgan fingerprint density at radius 3 is 2.74 bits per heavy atom. The molecule has 2 heterocycles. The van der Waals surface area contributed by atoms with E-state index in [-0.39, 0.29) is 0 Å². The molecule has 0 amide bonds. The molecule has 1 aromatic carbocycles. The van der Waals surface area contributed by atoms with E-state index in [1.54, 1.807) is 0 Å². The summed E-state index contributed by atoms with van der Waals surface area (Å²) >= 11 is 0. The lowest BCUT2D eigenvalue weighted by Crippen LogP contribution is -1.96. The first-order valence-electron chi connectivity index (χ1n) is 6.39. The van der Waals surface area contributed by atoms with E-state index in [0.717, 1.165) is 27.9 Å². The maximum absolute atomic E-state index is 4.67. The number of hydrogen-bond acceptors (Lipinski definition) is 3. The molecule has 3 aromatic rings. The molecule has 96 valence electrons. The second-order valence-electron chi connectivity index (χ2n) is 5.03. The molecule has 4 heteroatoms. The van der Waals surface area contributed by atoms with Crippen LogP contribution in [0.2, 0.25) is 0 Å². The SMILES string of the molecule is CC(C)c1cncc(-c2ccc3c(cnn3C)c2)n1. The van der Waals surface area contributed by atoms with Crippen molar-refractivity contribution in [2.24, 2.45) is 7.05 Å². The third-order valence-electron chi connectivity index (χ3n) is 3.29. The van der Waals surface area contributed by atoms with E-state index in [2.05, 4.69) is 47.1 Å². The van der Waals surface area contributed by atoms with Gasteiger partial charge in [0, 0.05) is 24.2 Å². The lowest BCUT2D eigenvalue weighted by molar-refractivity contribution is 0.797. The van der Waals surface area contributed by atoms with Gasteiger partial charge in [-0.05, 0) is 18.1 Å². The van der Waals surface area contributed by atoms with Gasteiger partial charge in [0.15, 0.2) is 0 Å². The molecule has 4 nitrogen and oxygen atoms in total. The summed E-state index contributed by atoms with van der Waals surface area (Å²) < 4.78 is 1.87. The predicted octanol–water partition coefficient (Wildman–Crippen LogP) is 3.15. The maximum Gasteiger partial charge on any atom is 0.0888 e. The second-order valence-corrected chi connectivity index (χ2v) is 5.03. The average molecular weight is 252 g/mol. The molecular weight excluding hydrogens is 236 g/mol. The molecule has 0 unspecified atom stereocenters. The molecule has 0 atom stereocenters. The fraction of sp³-hybridized carbons (Fsp3) is 0.267. The highest BCUT2D eigenvalue weighted by molar-refractivity contribution is 5.83. The first-order valence-corrected chi connectivity index (χ1v) is 6.39. The first kappa shape index (κ1) is 11.8. The van der Waals surface area contributed by atoms with Gasteiger partial charge in [-0.2, -0.15) is 5.10 Å². The Bertz CT molecular complexity index is 728. The summed E-state index contributed by atoms with van der Waals surface area (Å²) in [7, 11) is 1.95. The van der Waals surface area contributed by atoms with E-state index >= 15 is 0 Å². The number of nitrogens with zero attached hydrogens (tertiary/aromatic N) is 4. The van der Waals surface area contributed by atoms with Gasteiger partial charge in [-0.3, -0.25) is 9.67 Å². The average Bonchev–Trinajstić information content (AvgIpc) is 2.80. The normalized spacial score (nSPS) is 11.4. The van der Waals surface area contributed by atoms with E-state index in [1.165, 1.54) is 0 Å². The minimum atomic E-state index is 0.384. The highest BCUT2D eigenvalue weighted by Crippen LogP contribution is 2.23. The molecule has 0 fully saturated rings.